The fourth-order valence-corrected chi connectivity index (χ4v) is 6.35. The van der Waals surface area contributed by atoms with Crippen LogP contribution in [0.15, 0.2) is 90.3 Å². The number of anilines is 1. The second-order valence-electron chi connectivity index (χ2n) is 9.13. The smallest absolute Gasteiger partial charge is 0.263 e. The molecule has 1 aliphatic heterocycles. The highest BCUT2D eigenvalue weighted by molar-refractivity contribution is 7.85. The zero-order valence-electron chi connectivity index (χ0n) is 21.5. The van der Waals surface area contributed by atoms with Crippen molar-refractivity contribution in [2.45, 2.75) is 33.2 Å². The van der Waals surface area contributed by atoms with E-state index in [1.54, 1.807) is 11.3 Å². The van der Waals surface area contributed by atoms with Crippen molar-refractivity contribution in [1.29, 1.82) is 0 Å². The SMILES string of the molecule is CCC(/C=C1\Oc2ccc(-c3ccccc3)cc2N1CC)=C\c1sc2ccccc2[n+]1CCCS(=O)(=O)[O-]. The number of para-hydroxylation sites is 1. The lowest BCUT2D eigenvalue weighted by atomic mass is 10.0. The van der Waals surface area contributed by atoms with Gasteiger partial charge >= 0.3 is 0 Å². The largest absolute Gasteiger partial charge is 0.748 e. The molecule has 0 aliphatic carbocycles. The van der Waals surface area contributed by atoms with Gasteiger partial charge in [-0.2, -0.15) is 4.57 Å². The van der Waals surface area contributed by atoms with E-state index in [1.807, 2.05) is 42.5 Å². The summed E-state index contributed by atoms with van der Waals surface area (Å²) in [5.41, 5.74) is 5.48. The molecule has 0 N–H and O–H groups in total. The predicted octanol–water partition coefficient (Wildman–Crippen LogP) is 6.34. The Kier molecular flexibility index (Phi) is 7.65. The van der Waals surface area contributed by atoms with Crippen LogP contribution in [-0.4, -0.2) is 25.3 Å². The summed E-state index contributed by atoms with van der Waals surface area (Å²) in [6.07, 6.45) is 5.28. The quantitative estimate of drug-likeness (QED) is 0.181. The minimum Gasteiger partial charge on any atom is -0.748 e. The Balaban J connectivity index is 1.48. The molecular formula is C30H30N2O4S2. The van der Waals surface area contributed by atoms with Crippen molar-refractivity contribution in [3.63, 3.8) is 0 Å². The third-order valence-electron chi connectivity index (χ3n) is 6.59. The standard InChI is InChI=1S/C30H30N2O4S2/c1-3-22(20-30-32(17-10-18-38(33,34)35)25-13-8-9-14-28(25)37-30)19-29-31(4-2)26-21-24(15-16-27(26)36-29)23-11-6-5-7-12-23/h5-9,11-16,19-21H,3-4,10,17-18H2,1-2H3. The molecule has 1 aromatic heterocycles. The van der Waals surface area contributed by atoms with E-state index in [9.17, 15) is 13.0 Å². The molecule has 3 aromatic carbocycles. The Labute approximate surface area is 227 Å². The van der Waals surface area contributed by atoms with Crippen molar-refractivity contribution in [3.8, 4) is 16.9 Å². The van der Waals surface area contributed by atoms with Gasteiger partial charge in [0.2, 0.25) is 11.4 Å². The summed E-state index contributed by atoms with van der Waals surface area (Å²) in [7, 11) is -4.25. The maximum Gasteiger partial charge on any atom is 0.263 e. The summed E-state index contributed by atoms with van der Waals surface area (Å²) >= 11 is 1.65. The highest BCUT2D eigenvalue weighted by Crippen LogP contribution is 2.42. The van der Waals surface area contributed by atoms with Gasteiger partial charge in [-0.05, 0) is 48.2 Å². The number of aromatic nitrogens is 1. The van der Waals surface area contributed by atoms with Crippen molar-refractivity contribution >= 4 is 43.4 Å². The predicted molar refractivity (Wildman–Crippen MR) is 153 cm³/mol. The number of fused-ring (bicyclic) bond motifs is 2. The van der Waals surface area contributed by atoms with Gasteiger partial charge < -0.3 is 14.2 Å². The van der Waals surface area contributed by atoms with Crippen LogP contribution in [0.3, 0.4) is 0 Å². The molecule has 6 nitrogen and oxygen atoms in total. The number of ether oxygens (including phenoxy) is 1. The zero-order chi connectivity index (χ0) is 26.7. The first kappa shape index (κ1) is 26.2. The molecule has 8 heteroatoms. The molecule has 5 rings (SSSR count). The number of hydrogen-bond acceptors (Lipinski definition) is 6. The first-order chi connectivity index (χ1) is 18.4. The van der Waals surface area contributed by atoms with Crippen molar-refractivity contribution < 1.29 is 22.3 Å². The maximum atomic E-state index is 11.2. The second-order valence-corrected chi connectivity index (χ2v) is 11.7. The zero-order valence-corrected chi connectivity index (χ0v) is 23.1. The summed E-state index contributed by atoms with van der Waals surface area (Å²) in [5.74, 6) is 1.25. The van der Waals surface area contributed by atoms with Crippen molar-refractivity contribution in [2.24, 2.45) is 0 Å². The Morgan fingerprint density at radius 1 is 1.03 bits per heavy atom. The van der Waals surface area contributed by atoms with E-state index < -0.39 is 10.1 Å². The number of allylic oxidation sites excluding steroid dienone is 2. The van der Waals surface area contributed by atoms with Gasteiger partial charge in [0.25, 0.3) is 5.01 Å². The monoisotopic (exact) mass is 546 g/mol. The molecule has 196 valence electrons. The molecule has 2 heterocycles. The van der Waals surface area contributed by atoms with Gasteiger partial charge in [0.05, 0.1) is 15.8 Å². The lowest BCUT2D eigenvalue weighted by molar-refractivity contribution is -0.668. The Hall–Kier alpha value is -3.46. The Morgan fingerprint density at radius 3 is 2.53 bits per heavy atom. The van der Waals surface area contributed by atoms with Crippen LogP contribution in [0.1, 0.15) is 31.7 Å². The fourth-order valence-electron chi connectivity index (χ4n) is 4.70. The summed E-state index contributed by atoms with van der Waals surface area (Å²) in [4.78, 5) is 2.18. The van der Waals surface area contributed by atoms with Crippen LogP contribution in [-0.2, 0) is 16.7 Å². The van der Waals surface area contributed by atoms with Crippen LogP contribution in [0.2, 0.25) is 0 Å². The first-order valence-electron chi connectivity index (χ1n) is 12.8. The van der Waals surface area contributed by atoms with Crippen LogP contribution in [0.4, 0.5) is 5.69 Å². The summed E-state index contributed by atoms with van der Waals surface area (Å²) < 4.78 is 43.1. The van der Waals surface area contributed by atoms with E-state index in [2.05, 4.69) is 65.8 Å². The van der Waals surface area contributed by atoms with Crippen molar-refractivity contribution in [2.75, 3.05) is 17.2 Å². The van der Waals surface area contributed by atoms with Gasteiger partial charge in [-0.3, -0.25) is 0 Å². The molecule has 0 saturated carbocycles. The summed E-state index contributed by atoms with van der Waals surface area (Å²) in [5, 5.41) is 1.01. The van der Waals surface area contributed by atoms with Gasteiger partial charge in [0, 0.05) is 36.9 Å². The molecule has 0 bridgehead atoms. The van der Waals surface area contributed by atoms with Crippen LogP contribution in [0.25, 0.3) is 27.4 Å². The van der Waals surface area contributed by atoms with Crippen LogP contribution >= 0.6 is 11.3 Å². The number of rotatable bonds is 9. The topological polar surface area (TPSA) is 73.5 Å². The lowest BCUT2D eigenvalue weighted by Gasteiger charge is -2.16. The number of aryl methyl sites for hydroxylation is 1. The van der Waals surface area contributed by atoms with Crippen LogP contribution in [0.5, 0.6) is 5.75 Å². The summed E-state index contributed by atoms with van der Waals surface area (Å²) in [6, 6.07) is 24.7. The van der Waals surface area contributed by atoms with Crippen molar-refractivity contribution in [1.82, 2.24) is 0 Å². The average molecular weight is 547 g/mol. The van der Waals surface area contributed by atoms with E-state index in [0.717, 1.165) is 62.2 Å². The molecular weight excluding hydrogens is 516 g/mol. The minimum atomic E-state index is -4.25. The Morgan fingerprint density at radius 2 is 1.79 bits per heavy atom. The van der Waals surface area contributed by atoms with E-state index in [1.165, 1.54) is 0 Å². The van der Waals surface area contributed by atoms with E-state index in [0.29, 0.717) is 6.54 Å². The third kappa shape index (κ3) is 5.67. The second kappa shape index (κ2) is 11.1. The highest BCUT2D eigenvalue weighted by atomic mass is 32.2. The molecule has 1 aliphatic rings. The van der Waals surface area contributed by atoms with E-state index in [4.69, 9.17) is 4.74 Å². The molecule has 4 aromatic rings. The normalized spacial score (nSPS) is 14.8. The molecule has 0 radical (unpaired) electrons. The van der Waals surface area contributed by atoms with Gasteiger partial charge in [0.15, 0.2) is 12.3 Å². The molecule has 38 heavy (non-hydrogen) atoms. The van der Waals surface area contributed by atoms with E-state index >= 15 is 0 Å². The molecule has 0 saturated heterocycles. The maximum absolute atomic E-state index is 11.2. The van der Waals surface area contributed by atoms with Gasteiger partial charge in [0.1, 0.15) is 4.70 Å². The Bertz CT molecular complexity index is 1620. The van der Waals surface area contributed by atoms with E-state index in [-0.39, 0.29) is 12.2 Å². The first-order valence-corrected chi connectivity index (χ1v) is 15.2. The molecule has 0 amide bonds. The van der Waals surface area contributed by atoms with Crippen LogP contribution in [0, 0.1) is 0 Å². The lowest BCUT2D eigenvalue weighted by Crippen LogP contribution is -2.36. The fraction of sp³-hybridized carbons (Fsp3) is 0.233. The van der Waals surface area contributed by atoms with Gasteiger partial charge in [-0.25, -0.2) is 8.42 Å². The molecule has 0 unspecified atom stereocenters. The van der Waals surface area contributed by atoms with Gasteiger partial charge in [-0.15, -0.1) is 0 Å². The van der Waals surface area contributed by atoms with Crippen molar-refractivity contribution in [3.05, 3.63) is 95.3 Å². The van der Waals surface area contributed by atoms with Gasteiger partial charge in [-0.1, -0.05) is 66.8 Å². The molecule has 0 fully saturated rings. The highest BCUT2D eigenvalue weighted by Gasteiger charge is 2.26. The number of benzene rings is 3. The third-order valence-corrected chi connectivity index (χ3v) is 8.49. The van der Waals surface area contributed by atoms with Crippen LogP contribution < -0.4 is 14.2 Å². The number of hydrogen-bond donors (Lipinski definition) is 0. The minimum absolute atomic E-state index is 0.270. The summed E-state index contributed by atoms with van der Waals surface area (Å²) in [6.45, 7) is 5.44. The molecule has 0 spiro atoms. The molecule has 0 atom stereocenters. The number of nitrogens with zero attached hydrogens (tertiary/aromatic N) is 2. The number of thiazole rings is 1. The average Bonchev–Trinajstić information content (AvgIpc) is 3.44.